The average Bonchev–Trinajstić information content (AvgIpc) is 3.75. The second-order valence-electron chi connectivity index (χ2n) is 15.0. The van der Waals surface area contributed by atoms with Gasteiger partial charge in [0.1, 0.15) is 42.0 Å². The standard InChI is InChI=1S/C41H60FN6O8P/c1-2-3-4-5-6-7-8-9-10-11-12-13-14-15-16-17-18-19-34(53-26-32-22-31(25-43)23-33(42)24-32)27-54-57(51,52)55-28-36-38(49)39(50)41(29-44,56-36)37-21-20-35-40(45)46-30-47-48(35)37/h20-24,30,34,36,38-39,49-50H,2-19,26-28H2,1H3,(H,51,52)(H2,45,46,47)/t34-,36-,38-,39-,41+/m1/s1. The van der Waals surface area contributed by atoms with Gasteiger partial charge in [-0.25, -0.2) is 18.5 Å². The molecule has 0 spiro atoms. The molecule has 14 nitrogen and oxygen atoms in total. The number of phosphoric acid groups is 1. The number of ether oxygens (including phenoxy) is 2. The quantitative estimate of drug-likeness (QED) is 0.0405. The van der Waals surface area contributed by atoms with Gasteiger partial charge in [0.15, 0.2) is 5.82 Å². The number of phosphoric ester groups is 1. The van der Waals surface area contributed by atoms with E-state index >= 15 is 0 Å². The van der Waals surface area contributed by atoms with E-state index in [1.54, 1.807) is 0 Å². The van der Waals surface area contributed by atoms with Crippen molar-refractivity contribution in [2.24, 2.45) is 0 Å². The largest absolute Gasteiger partial charge is 0.472 e. The molecule has 4 rings (SSSR count). The maximum Gasteiger partial charge on any atom is 0.472 e. The van der Waals surface area contributed by atoms with Gasteiger partial charge >= 0.3 is 7.82 Å². The molecular weight excluding hydrogens is 754 g/mol. The van der Waals surface area contributed by atoms with Gasteiger partial charge in [-0.15, -0.1) is 0 Å². The van der Waals surface area contributed by atoms with Crippen molar-refractivity contribution < 1.29 is 42.6 Å². The number of rotatable bonds is 28. The number of fused-ring (bicyclic) bond motifs is 1. The van der Waals surface area contributed by atoms with E-state index in [-0.39, 0.29) is 30.3 Å². The van der Waals surface area contributed by atoms with E-state index in [0.29, 0.717) is 17.5 Å². The predicted molar refractivity (Wildman–Crippen MR) is 212 cm³/mol. The molecule has 1 unspecified atom stereocenters. The van der Waals surface area contributed by atoms with Crippen LogP contribution in [-0.4, -0.2) is 67.3 Å². The summed E-state index contributed by atoms with van der Waals surface area (Å²) in [5.74, 6) is -0.461. The SMILES string of the molecule is CCCCCCCCCCCCCCCCCCC[C@H](COP(=O)(O)OC[C@H]1O[C@@](C#N)(c2ccc3c(N)ncnn23)[C@H](O)[C@@H]1O)OCc1cc(F)cc(C#N)c1. The summed E-state index contributed by atoms with van der Waals surface area (Å²) < 4.78 is 50.7. The van der Waals surface area contributed by atoms with E-state index in [0.717, 1.165) is 38.1 Å². The van der Waals surface area contributed by atoms with Crippen LogP contribution in [0.1, 0.15) is 139 Å². The summed E-state index contributed by atoms with van der Waals surface area (Å²) in [6.45, 7) is 1.14. The van der Waals surface area contributed by atoms with E-state index in [4.69, 9.17) is 24.3 Å². The highest BCUT2D eigenvalue weighted by Gasteiger charge is 2.58. The lowest BCUT2D eigenvalue weighted by Gasteiger charge is -2.24. The van der Waals surface area contributed by atoms with E-state index in [1.165, 1.54) is 112 Å². The maximum atomic E-state index is 14.1. The van der Waals surface area contributed by atoms with Gasteiger partial charge in [-0.05, 0) is 42.3 Å². The Labute approximate surface area is 335 Å². The lowest BCUT2D eigenvalue weighted by molar-refractivity contribution is -0.0658. The van der Waals surface area contributed by atoms with Gasteiger partial charge in [0.25, 0.3) is 0 Å². The Balaban J connectivity index is 1.22. The van der Waals surface area contributed by atoms with Crippen LogP contribution in [0.4, 0.5) is 10.2 Å². The van der Waals surface area contributed by atoms with Crippen molar-refractivity contribution in [3.63, 3.8) is 0 Å². The Bertz CT molecular complexity index is 1800. The Morgan fingerprint density at radius 3 is 2.16 bits per heavy atom. The fourth-order valence-corrected chi connectivity index (χ4v) is 8.02. The first-order chi connectivity index (χ1) is 27.5. The zero-order valence-electron chi connectivity index (χ0n) is 33.1. The van der Waals surface area contributed by atoms with Crippen molar-refractivity contribution in [2.45, 2.75) is 159 Å². The van der Waals surface area contributed by atoms with Crippen LogP contribution in [0.2, 0.25) is 0 Å². The first-order valence-corrected chi connectivity index (χ1v) is 22.0. The average molecular weight is 815 g/mol. The number of nitrogens with two attached hydrogens (primary N) is 1. The van der Waals surface area contributed by atoms with Crippen LogP contribution in [-0.2, 0) is 35.3 Å². The third-order valence-corrected chi connectivity index (χ3v) is 11.5. The highest BCUT2D eigenvalue weighted by atomic mass is 31.2. The fourth-order valence-electron chi connectivity index (χ4n) is 7.26. The molecule has 6 atom stereocenters. The molecule has 1 aromatic carbocycles. The summed E-state index contributed by atoms with van der Waals surface area (Å²) in [6, 6.07) is 10.7. The molecule has 0 aliphatic carbocycles. The minimum Gasteiger partial charge on any atom is -0.387 e. The van der Waals surface area contributed by atoms with Gasteiger partial charge in [0.05, 0.1) is 43.3 Å². The van der Waals surface area contributed by atoms with E-state index in [1.807, 2.05) is 12.1 Å². The molecule has 0 amide bonds. The molecule has 1 aliphatic rings. The third-order valence-electron chi connectivity index (χ3n) is 10.5. The van der Waals surface area contributed by atoms with Crippen LogP contribution in [0.25, 0.3) is 5.52 Å². The van der Waals surface area contributed by atoms with Crippen molar-refractivity contribution in [3.8, 4) is 12.1 Å². The van der Waals surface area contributed by atoms with Crippen molar-refractivity contribution in [1.29, 1.82) is 10.5 Å². The molecule has 1 aliphatic heterocycles. The summed E-state index contributed by atoms with van der Waals surface area (Å²) in [5.41, 5.74) is 4.77. The number of nitriles is 2. The monoisotopic (exact) mass is 814 g/mol. The van der Waals surface area contributed by atoms with Crippen molar-refractivity contribution in [1.82, 2.24) is 14.6 Å². The van der Waals surface area contributed by atoms with Crippen LogP contribution in [0.3, 0.4) is 0 Å². The molecule has 3 aromatic rings. The molecule has 3 heterocycles. The topological polar surface area (TPSA) is 218 Å². The van der Waals surface area contributed by atoms with Crippen LogP contribution >= 0.6 is 7.82 Å². The molecule has 0 radical (unpaired) electrons. The Kier molecular flexibility index (Phi) is 19.3. The van der Waals surface area contributed by atoms with Crippen molar-refractivity contribution in [2.75, 3.05) is 18.9 Å². The van der Waals surface area contributed by atoms with Crippen LogP contribution in [0.15, 0.2) is 36.7 Å². The maximum absolute atomic E-state index is 14.1. The molecule has 1 fully saturated rings. The zero-order chi connectivity index (χ0) is 41.1. The number of unbranched alkanes of at least 4 members (excludes halogenated alkanes) is 16. The third kappa shape index (κ3) is 14.1. The summed E-state index contributed by atoms with van der Waals surface area (Å²) in [7, 11) is -4.78. The second-order valence-corrected chi connectivity index (χ2v) is 16.5. The number of hydrogen-bond acceptors (Lipinski definition) is 12. The van der Waals surface area contributed by atoms with Crippen LogP contribution < -0.4 is 5.73 Å². The van der Waals surface area contributed by atoms with Crippen LogP contribution in [0, 0.1) is 28.5 Å². The number of aliphatic hydroxyl groups is 2. The molecule has 0 bridgehead atoms. The first-order valence-electron chi connectivity index (χ1n) is 20.5. The van der Waals surface area contributed by atoms with Crippen LogP contribution in [0.5, 0.6) is 0 Å². The van der Waals surface area contributed by atoms with Gasteiger partial charge < -0.3 is 30.3 Å². The predicted octanol–water partition coefficient (Wildman–Crippen LogP) is 7.92. The summed E-state index contributed by atoms with van der Waals surface area (Å²) >= 11 is 0. The number of halogens is 1. The normalized spacial score (nSPS) is 21.0. The number of nitrogens with zero attached hydrogens (tertiary/aromatic N) is 5. The Morgan fingerprint density at radius 2 is 1.56 bits per heavy atom. The minimum atomic E-state index is -4.78. The van der Waals surface area contributed by atoms with Crippen molar-refractivity contribution >= 4 is 19.2 Å². The molecule has 5 N–H and O–H groups in total. The summed E-state index contributed by atoms with van der Waals surface area (Å²) in [5, 5.41) is 45.3. The molecule has 16 heteroatoms. The Hall–Kier alpha value is -3.50. The zero-order valence-corrected chi connectivity index (χ0v) is 34.0. The summed E-state index contributed by atoms with van der Waals surface area (Å²) in [6.07, 6.45) is 17.1. The second kappa shape index (κ2) is 23.8. The molecule has 1 saturated heterocycles. The highest BCUT2D eigenvalue weighted by Crippen LogP contribution is 2.46. The van der Waals surface area contributed by atoms with E-state index in [9.17, 15) is 34.6 Å². The molecule has 57 heavy (non-hydrogen) atoms. The Morgan fingerprint density at radius 1 is 0.947 bits per heavy atom. The fraction of sp³-hybridized carbons (Fsp3) is 0.659. The van der Waals surface area contributed by atoms with Gasteiger partial charge in [0, 0.05) is 0 Å². The number of nitrogen functional groups attached to an aromatic ring is 1. The number of aliphatic hydroxyl groups excluding tert-OH is 2. The van der Waals surface area contributed by atoms with Crippen molar-refractivity contribution in [3.05, 3.63) is 59.3 Å². The first kappa shape index (κ1) is 46.2. The minimum absolute atomic E-state index is 0.0583. The lowest BCUT2D eigenvalue weighted by Crippen LogP contribution is -2.41. The highest BCUT2D eigenvalue weighted by molar-refractivity contribution is 7.47. The van der Waals surface area contributed by atoms with E-state index < -0.39 is 50.3 Å². The summed E-state index contributed by atoms with van der Waals surface area (Å²) in [4.78, 5) is 14.5. The van der Waals surface area contributed by atoms with Gasteiger partial charge in [-0.3, -0.25) is 9.05 Å². The number of anilines is 1. The van der Waals surface area contributed by atoms with Gasteiger partial charge in [0.2, 0.25) is 5.60 Å². The molecule has 314 valence electrons. The smallest absolute Gasteiger partial charge is 0.387 e. The number of benzene rings is 1. The van der Waals surface area contributed by atoms with E-state index in [2.05, 4.69) is 17.0 Å². The van der Waals surface area contributed by atoms with Gasteiger partial charge in [-0.1, -0.05) is 116 Å². The van der Waals surface area contributed by atoms with Gasteiger partial charge in [-0.2, -0.15) is 15.6 Å². The number of hydrogen-bond donors (Lipinski definition) is 4. The molecular formula is C41H60FN6O8P. The lowest BCUT2D eigenvalue weighted by atomic mass is 9.92. The number of aromatic nitrogens is 3. The molecule has 0 saturated carbocycles. The molecule has 2 aromatic heterocycles.